The van der Waals surface area contributed by atoms with E-state index in [-0.39, 0.29) is 19.6 Å². The Morgan fingerprint density at radius 2 is 2.09 bits per heavy atom. The van der Waals surface area contributed by atoms with Gasteiger partial charge in [0.2, 0.25) is 0 Å². The van der Waals surface area contributed by atoms with Gasteiger partial charge >= 0.3 is 7.82 Å². The highest BCUT2D eigenvalue weighted by molar-refractivity contribution is 7.46. The van der Waals surface area contributed by atoms with E-state index in [1.165, 1.54) is 0 Å². The van der Waals surface area contributed by atoms with Gasteiger partial charge in [-0.2, -0.15) is 0 Å². The molecule has 6 nitrogen and oxygen atoms in total. The molecule has 0 aliphatic carbocycles. The molecular formula is C4H12NO5P. The minimum atomic E-state index is -4.40. The zero-order chi connectivity index (χ0) is 8.91. The normalized spacial score (nSPS) is 14.9. The predicted molar refractivity (Wildman–Crippen MR) is 37.7 cm³/mol. The monoisotopic (exact) mass is 185 g/mol. The summed E-state index contributed by atoms with van der Waals surface area (Å²) < 4.78 is 14.2. The van der Waals surface area contributed by atoms with Gasteiger partial charge in [-0.25, -0.2) is 4.57 Å². The number of hydrogen-bond donors (Lipinski definition) is 4. The van der Waals surface area contributed by atoms with E-state index in [9.17, 15) is 4.57 Å². The molecule has 1 atom stereocenters. The maximum Gasteiger partial charge on any atom is 0.469 e. The maximum absolute atomic E-state index is 10.1. The van der Waals surface area contributed by atoms with Crippen LogP contribution in [0, 0.1) is 0 Å². The van der Waals surface area contributed by atoms with Crippen LogP contribution in [0.5, 0.6) is 0 Å². The molecule has 5 N–H and O–H groups in total. The van der Waals surface area contributed by atoms with Gasteiger partial charge < -0.3 is 20.6 Å². The molecule has 0 aliphatic heterocycles. The molecular weight excluding hydrogens is 173 g/mol. The lowest BCUT2D eigenvalue weighted by molar-refractivity contribution is 0.174. The Balaban J connectivity index is 3.46. The summed E-state index contributed by atoms with van der Waals surface area (Å²) in [7, 11) is -4.40. The van der Waals surface area contributed by atoms with E-state index < -0.39 is 13.9 Å². The number of phosphoric ester groups is 1. The Labute approximate surface area is 64.2 Å². The van der Waals surface area contributed by atoms with Crippen LogP contribution in [0.2, 0.25) is 0 Å². The van der Waals surface area contributed by atoms with Crippen molar-refractivity contribution in [1.29, 1.82) is 0 Å². The average Bonchev–Trinajstić information content (AvgIpc) is 1.83. The largest absolute Gasteiger partial charge is 0.469 e. The first-order chi connectivity index (χ1) is 4.95. The van der Waals surface area contributed by atoms with E-state index in [0.717, 1.165) is 0 Å². The smallest absolute Gasteiger partial charge is 0.396 e. The fraction of sp³-hybridized carbons (Fsp3) is 1.00. The zero-order valence-corrected chi connectivity index (χ0v) is 6.78. The quantitative estimate of drug-likeness (QED) is 0.400. The van der Waals surface area contributed by atoms with Crippen molar-refractivity contribution < 1.29 is 24.0 Å². The molecule has 0 heterocycles. The molecule has 0 aromatic rings. The number of hydrogen-bond acceptors (Lipinski definition) is 4. The Bertz CT molecular complexity index is 145. The van der Waals surface area contributed by atoms with Gasteiger partial charge in [-0.1, -0.05) is 0 Å². The summed E-state index contributed by atoms with van der Waals surface area (Å²) in [5.74, 6) is 0. The van der Waals surface area contributed by atoms with Crippen LogP contribution in [0.4, 0.5) is 0 Å². The second-order valence-electron chi connectivity index (χ2n) is 2.06. The molecule has 68 valence electrons. The minimum absolute atomic E-state index is 0.119. The molecule has 1 unspecified atom stereocenters. The topological polar surface area (TPSA) is 113 Å². The molecule has 0 aromatic heterocycles. The van der Waals surface area contributed by atoms with Gasteiger partial charge in [0.05, 0.1) is 6.61 Å². The SMILES string of the molecule is NC(CCO)COP(=O)(O)O. The van der Waals surface area contributed by atoms with E-state index in [0.29, 0.717) is 0 Å². The van der Waals surface area contributed by atoms with Crippen molar-refractivity contribution in [1.82, 2.24) is 0 Å². The Hall–Kier alpha value is 0.0300. The van der Waals surface area contributed by atoms with Crippen LogP contribution in [0.1, 0.15) is 6.42 Å². The lowest BCUT2D eigenvalue weighted by atomic mass is 10.2. The molecule has 0 rings (SSSR count). The van der Waals surface area contributed by atoms with Gasteiger partial charge in [0.1, 0.15) is 0 Å². The molecule has 11 heavy (non-hydrogen) atoms. The molecule has 0 fully saturated rings. The van der Waals surface area contributed by atoms with Crippen molar-refractivity contribution in [2.75, 3.05) is 13.2 Å². The van der Waals surface area contributed by atoms with Crippen molar-refractivity contribution >= 4 is 7.82 Å². The van der Waals surface area contributed by atoms with Gasteiger partial charge in [0.25, 0.3) is 0 Å². The standard InChI is InChI=1S/C4H12NO5P/c5-4(1-2-6)3-10-11(7,8)9/h4,6H,1-3,5H2,(H2,7,8,9). The molecule has 0 bridgehead atoms. The predicted octanol–water partition coefficient (Wildman–Crippen LogP) is -1.19. The fourth-order valence-corrected chi connectivity index (χ4v) is 0.828. The number of phosphoric acid groups is 1. The highest BCUT2D eigenvalue weighted by Gasteiger charge is 2.15. The van der Waals surface area contributed by atoms with E-state index in [2.05, 4.69) is 4.52 Å². The second-order valence-corrected chi connectivity index (χ2v) is 3.30. The Morgan fingerprint density at radius 1 is 1.55 bits per heavy atom. The zero-order valence-electron chi connectivity index (χ0n) is 5.88. The van der Waals surface area contributed by atoms with Crippen LogP contribution >= 0.6 is 7.82 Å². The first kappa shape index (κ1) is 11.0. The van der Waals surface area contributed by atoms with Crippen molar-refractivity contribution in [2.45, 2.75) is 12.5 Å². The highest BCUT2D eigenvalue weighted by atomic mass is 31.2. The summed E-state index contributed by atoms with van der Waals surface area (Å²) in [6.07, 6.45) is 0.264. The van der Waals surface area contributed by atoms with Crippen LogP contribution in [0.25, 0.3) is 0 Å². The number of nitrogens with two attached hydrogens (primary N) is 1. The van der Waals surface area contributed by atoms with Crippen LogP contribution < -0.4 is 5.73 Å². The molecule has 0 aromatic carbocycles. The first-order valence-corrected chi connectivity index (χ1v) is 4.55. The molecule has 7 heteroatoms. The number of aliphatic hydroxyl groups excluding tert-OH is 1. The van der Waals surface area contributed by atoms with Gasteiger partial charge in [0, 0.05) is 12.6 Å². The number of rotatable bonds is 5. The third-order valence-electron chi connectivity index (χ3n) is 0.957. The molecule has 0 saturated carbocycles. The van der Waals surface area contributed by atoms with Crippen LogP contribution in [0.3, 0.4) is 0 Å². The van der Waals surface area contributed by atoms with Gasteiger partial charge in [-0.15, -0.1) is 0 Å². The summed E-state index contributed by atoms with van der Waals surface area (Å²) in [5.41, 5.74) is 5.26. The summed E-state index contributed by atoms with van der Waals surface area (Å²) in [4.78, 5) is 16.4. The van der Waals surface area contributed by atoms with Crippen LogP contribution in [-0.2, 0) is 9.09 Å². The van der Waals surface area contributed by atoms with Crippen molar-refractivity contribution in [3.05, 3.63) is 0 Å². The molecule has 0 saturated heterocycles. The van der Waals surface area contributed by atoms with Gasteiger partial charge in [-0.05, 0) is 6.42 Å². The summed E-state index contributed by atoms with van der Waals surface area (Å²) in [6, 6.07) is -0.535. The van der Waals surface area contributed by atoms with Gasteiger partial charge in [0.15, 0.2) is 0 Å². The van der Waals surface area contributed by atoms with Crippen LogP contribution in [-0.4, -0.2) is 34.1 Å². The third-order valence-corrected chi connectivity index (χ3v) is 1.44. The Morgan fingerprint density at radius 3 is 2.45 bits per heavy atom. The van der Waals surface area contributed by atoms with Crippen LogP contribution in [0.15, 0.2) is 0 Å². The maximum atomic E-state index is 10.1. The van der Waals surface area contributed by atoms with Crippen molar-refractivity contribution in [3.63, 3.8) is 0 Å². The lowest BCUT2D eigenvalue weighted by Gasteiger charge is -2.10. The van der Waals surface area contributed by atoms with E-state index in [1.807, 2.05) is 0 Å². The summed E-state index contributed by atoms with van der Waals surface area (Å²) >= 11 is 0. The van der Waals surface area contributed by atoms with E-state index in [1.54, 1.807) is 0 Å². The van der Waals surface area contributed by atoms with Crippen molar-refractivity contribution in [3.8, 4) is 0 Å². The Kier molecular flexibility index (Phi) is 4.83. The third kappa shape index (κ3) is 7.93. The van der Waals surface area contributed by atoms with Crippen molar-refractivity contribution in [2.24, 2.45) is 5.73 Å². The fourth-order valence-electron chi connectivity index (χ4n) is 0.442. The lowest BCUT2D eigenvalue weighted by Crippen LogP contribution is -2.26. The van der Waals surface area contributed by atoms with E-state index >= 15 is 0 Å². The molecule has 0 radical (unpaired) electrons. The summed E-state index contributed by atoms with van der Waals surface area (Å²) in [6.45, 7) is -0.365. The highest BCUT2D eigenvalue weighted by Crippen LogP contribution is 2.35. The first-order valence-electron chi connectivity index (χ1n) is 3.02. The number of aliphatic hydroxyl groups is 1. The minimum Gasteiger partial charge on any atom is -0.396 e. The summed E-state index contributed by atoms with van der Waals surface area (Å²) in [5, 5.41) is 8.34. The van der Waals surface area contributed by atoms with E-state index in [4.69, 9.17) is 20.6 Å². The molecule has 0 aliphatic rings. The average molecular weight is 185 g/mol. The molecule has 0 spiro atoms. The molecule has 0 amide bonds. The second kappa shape index (κ2) is 4.82. The van der Waals surface area contributed by atoms with Gasteiger partial charge in [-0.3, -0.25) is 4.52 Å².